The molecule has 0 saturated heterocycles. The molecule has 1 atom stereocenters. The Bertz CT molecular complexity index is 719. The number of carbonyl (C=O) groups excluding carboxylic acids is 1. The lowest BCUT2D eigenvalue weighted by Gasteiger charge is -2.11. The second-order valence-corrected chi connectivity index (χ2v) is 6.27. The molecule has 10 heteroatoms. The van der Waals surface area contributed by atoms with E-state index in [-0.39, 0.29) is 33.5 Å². The van der Waals surface area contributed by atoms with Crippen LogP contribution in [0, 0.1) is 0 Å². The molecule has 0 saturated carbocycles. The average Bonchev–Trinajstić information content (AvgIpc) is 2.87. The van der Waals surface area contributed by atoms with Crippen LogP contribution in [0.1, 0.15) is 25.8 Å². The molecule has 1 N–H and O–H groups in total. The van der Waals surface area contributed by atoms with Crippen LogP contribution in [0.4, 0.5) is 13.2 Å². The molecule has 0 fully saturated rings. The van der Waals surface area contributed by atoms with Gasteiger partial charge in [0.2, 0.25) is 5.91 Å². The minimum atomic E-state index is -4.53. The molecular formula is C13H14ClF3N4OS. The number of rotatable bonds is 5. The van der Waals surface area contributed by atoms with Gasteiger partial charge in [0.15, 0.2) is 10.8 Å². The van der Waals surface area contributed by atoms with E-state index in [0.717, 1.165) is 34.8 Å². The van der Waals surface area contributed by atoms with E-state index in [1.807, 2.05) is 13.8 Å². The fourth-order valence-electron chi connectivity index (χ4n) is 1.74. The Morgan fingerprint density at radius 3 is 2.78 bits per heavy atom. The van der Waals surface area contributed by atoms with Crippen LogP contribution in [-0.2, 0) is 11.0 Å². The number of amides is 1. The van der Waals surface area contributed by atoms with Gasteiger partial charge in [0.25, 0.3) is 0 Å². The third-order valence-electron chi connectivity index (χ3n) is 3.11. The molecule has 0 aliphatic carbocycles. The first kappa shape index (κ1) is 17.9. The van der Waals surface area contributed by atoms with E-state index in [2.05, 4.69) is 15.5 Å². The van der Waals surface area contributed by atoms with Gasteiger partial charge in [-0.2, -0.15) is 13.2 Å². The first-order valence-corrected chi connectivity index (χ1v) is 8.12. The molecule has 126 valence electrons. The van der Waals surface area contributed by atoms with Crippen LogP contribution < -0.4 is 5.32 Å². The molecule has 1 amide bonds. The van der Waals surface area contributed by atoms with Crippen LogP contribution in [0.3, 0.4) is 0 Å². The van der Waals surface area contributed by atoms with E-state index < -0.39 is 11.7 Å². The Kier molecular flexibility index (Phi) is 5.41. The number of aromatic nitrogens is 3. The Hall–Kier alpha value is -1.48. The fourth-order valence-corrected chi connectivity index (χ4v) is 2.70. The third-order valence-corrected chi connectivity index (χ3v) is 4.33. The van der Waals surface area contributed by atoms with Crippen molar-refractivity contribution in [1.29, 1.82) is 0 Å². The van der Waals surface area contributed by atoms with Crippen LogP contribution in [-0.4, -0.2) is 32.3 Å². The van der Waals surface area contributed by atoms with E-state index in [0.29, 0.717) is 0 Å². The molecule has 0 aromatic carbocycles. The van der Waals surface area contributed by atoms with Crippen molar-refractivity contribution >= 4 is 34.9 Å². The number of pyridine rings is 1. The second kappa shape index (κ2) is 6.96. The summed E-state index contributed by atoms with van der Waals surface area (Å²) >= 11 is 6.82. The normalized spacial score (nSPS) is 13.3. The van der Waals surface area contributed by atoms with Gasteiger partial charge >= 0.3 is 6.18 Å². The zero-order valence-electron chi connectivity index (χ0n) is 12.3. The van der Waals surface area contributed by atoms with Crippen molar-refractivity contribution in [3.05, 3.63) is 22.8 Å². The van der Waals surface area contributed by atoms with Gasteiger partial charge in [0.05, 0.1) is 16.3 Å². The van der Waals surface area contributed by atoms with Crippen LogP contribution >= 0.6 is 23.4 Å². The topological polar surface area (TPSA) is 59.3 Å². The summed E-state index contributed by atoms with van der Waals surface area (Å²) in [5, 5.41) is 10.3. The first-order valence-electron chi connectivity index (χ1n) is 6.76. The molecule has 0 radical (unpaired) electrons. The van der Waals surface area contributed by atoms with Gasteiger partial charge in [-0.15, -0.1) is 10.2 Å². The maximum atomic E-state index is 12.8. The van der Waals surface area contributed by atoms with E-state index >= 15 is 0 Å². The largest absolute Gasteiger partial charge is 0.417 e. The quantitative estimate of drug-likeness (QED) is 0.824. The molecule has 2 rings (SSSR count). The molecule has 2 aromatic heterocycles. The van der Waals surface area contributed by atoms with Crippen LogP contribution in [0.25, 0.3) is 5.65 Å². The third kappa shape index (κ3) is 4.29. The molecular weight excluding hydrogens is 353 g/mol. The van der Waals surface area contributed by atoms with Gasteiger partial charge in [-0.1, -0.05) is 30.3 Å². The molecule has 2 heterocycles. The van der Waals surface area contributed by atoms with Gasteiger partial charge < -0.3 is 5.32 Å². The molecule has 0 aliphatic heterocycles. The summed E-state index contributed by atoms with van der Waals surface area (Å²) in [4.78, 5) is 11.7. The zero-order valence-corrected chi connectivity index (χ0v) is 13.9. The lowest BCUT2D eigenvalue weighted by atomic mass is 10.3. The van der Waals surface area contributed by atoms with Gasteiger partial charge in [-0.25, -0.2) is 0 Å². The van der Waals surface area contributed by atoms with E-state index in [1.165, 1.54) is 0 Å². The number of hydrogen-bond acceptors (Lipinski definition) is 4. The predicted octanol–water partition coefficient (Wildman–Crippen LogP) is 3.41. The van der Waals surface area contributed by atoms with Crippen molar-refractivity contribution in [2.24, 2.45) is 0 Å². The van der Waals surface area contributed by atoms with Crippen molar-refractivity contribution in [2.45, 2.75) is 37.6 Å². The smallest absolute Gasteiger partial charge is 0.353 e. The van der Waals surface area contributed by atoms with Crippen molar-refractivity contribution in [3.8, 4) is 0 Å². The van der Waals surface area contributed by atoms with Crippen LogP contribution in [0.2, 0.25) is 5.02 Å². The van der Waals surface area contributed by atoms with Crippen molar-refractivity contribution < 1.29 is 18.0 Å². The Balaban J connectivity index is 2.22. The number of nitrogens with zero attached hydrogens (tertiary/aromatic N) is 3. The molecule has 23 heavy (non-hydrogen) atoms. The van der Waals surface area contributed by atoms with Crippen molar-refractivity contribution in [1.82, 2.24) is 19.9 Å². The molecule has 0 bridgehead atoms. The Morgan fingerprint density at radius 2 is 2.17 bits per heavy atom. The second-order valence-electron chi connectivity index (χ2n) is 4.92. The highest BCUT2D eigenvalue weighted by atomic mass is 35.5. The number of fused-ring (bicyclic) bond motifs is 1. The highest BCUT2D eigenvalue weighted by Gasteiger charge is 2.32. The average molecular weight is 367 g/mol. The maximum absolute atomic E-state index is 12.8. The van der Waals surface area contributed by atoms with E-state index in [9.17, 15) is 18.0 Å². The summed E-state index contributed by atoms with van der Waals surface area (Å²) in [5.74, 6) is -0.196. The number of carbonyl (C=O) groups is 1. The molecule has 0 spiro atoms. The Morgan fingerprint density at radius 1 is 1.48 bits per heavy atom. The fraction of sp³-hybridized carbons (Fsp3) is 0.462. The van der Waals surface area contributed by atoms with Crippen molar-refractivity contribution in [3.63, 3.8) is 0 Å². The maximum Gasteiger partial charge on any atom is 0.417 e. The molecule has 2 aromatic rings. The van der Waals surface area contributed by atoms with Gasteiger partial charge in [0.1, 0.15) is 0 Å². The summed E-state index contributed by atoms with van der Waals surface area (Å²) in [5.41, 5.74) is -0.787. The molecule has 0 unspecified atom stereocenters. The summed E-state index contributed by atoms with van der Waals surface area (Å²) in [6, 6.07) is 0.833. The van der Waals surface area contributed by atoms with E-state index in [1.54, 1.807) is 0 Å². The number of nitrogens with one attached hydrogen (secondary N) is 1. The minimum absolute atomic E-state index is 0.0268. The monoisotopic (exact) mass is 366 g/mol. The first-order chi connectivity index (χ1) is 10.7. The van der Waals surface area contributed by atoms with Gasteiger partial charge in [-0.3, -0.25) is 9.20 Å². The predicted molar refractivity (Wildman–Crippen MR) is 81.6 cm³/mol. The van der Waals surface area contributed by atoms with Gasteiger partial charge in [0, 0.05) is 12.2 Å². The summed E-state index contributed by atoms with van der Waals surface area (Å²) < 4.78 is 39.7. The van der Waals surface area contributed by atoms with Crippen LogP contribution in [0.15, 0.2) is 17.4 Å². The molecule has 0 aliphatic rings. The lowest BCUT2D eigenvalue weighted by molar-refractivity contribution is -0.137. The zero-order chi connectivity index (χ0) is 17.2. The van der Waals surface area contributed by atoms with Crippen LogP contribution in [0.5, 0.6) is 0 Å². The Labute approximate surface area is 139 Å². The lowest BCUT2D eigenvalue weighted by Crippen LogP contribution is -2.33. The number of thioether (sulfide) groups is 1. The van der Waals surface area contributed by atoms with Gasteiger partial charge in [-0.05, 0) is 19.4 Å². The SMILES string of the molecule is CC[C@H](C)NC(=O)CSc1nnc2c(Cl)cc(C(F)(F)F)cn12. The van der Waals surface area contributed by atoms with Crippen molar-refractivity contribution in [2.75, 3.05) is 5.75 Å². The number of halogens is 4. The summed E-state index contributed by atoms with van der Waals surface area (Å²) in [6.07, 6.45) is -2.87. The summed E-state index contributed by atoms with van der Waals surface area (Å²) in [6.45, 7) is 3.80. The van der Waals surface area contributed by atoms with E-state index in [4.69, 9.17) is 11.6 Å². The summed E-state index contributed by atoms with van der Waals surface area (Å²) in [7, 11) is 0. The number of alkyl halides is 3. The standard InChI is InChI=1S/C13H14ClF3N4OS/c1-3-7(2)18-10(22)6-23-12-20-19-11-9(14)4-8(5-21(11)12)13(15,16)17/h4-5,7H,3,6H2,1-2H3,(H,18,22)/t7-/m0/s1. The highest BCUT2D eigenvalue weighted by molar-refractivity contribution is 7.99. The molecule has 5 nitrogen and oxygen atoms in total. The minimum Gasteiger partial charge on any atom is -0.353 e. The highest BCUT2D eigenvalue weighted by Crippen LogP contribution is 2.33. The number of hydrogen-bond donors (Lipinski definition) is 1.